The van der Waals surface area contributed by atoms with Crippen LogP contribution >= 0.6 is 11.8 Å². The maximum absolute atomic E-state index is 10.3. The van der Waals surface area contributed by atoms with E-state index in [0.717, 1.165) is 10.6 Å². The Morgan fingerprint density at radius 1 is 1.73 bits per heavy atom. The summed E-state index contributed by atoms with van der Waals surface area (Å²) in [6, 6.07) is 1.66. The number of rotatable bonds is 1. The standard InChI is InChI=1S/C7H5NO2S/c9-3-5-1-6-7(2-8-5)11-4-10-6/h1-3H,4H2. The molecule has 0 saturated carbocycles. The van der Waals surface area contributed by atoms with Crippen molar-refractivity contribution < 1.29 is 9.53 Å². The minimum Gasteiger partial charge on any atom is -0.481 e. The molecule has 56 valence electrons. The van der Waals surface area contributed by atoms with Crippen LogP contribution in [0.15, 0.2) is 17.2 Å². The zero-order valence-corrected chi connectivity index (χ0v) is 6.43. The lowest BCUT2D eigenvalue weighted by Crippen LogP contribution is -1.87. The first-order valence-electron chi connectivity index (χ1n) is 3.11. The Morgan fingerprint density at radius 3 is 3.45 bits per heavy atom. The lowest BCUT2D eigenvalue weighted by Gasteiger charge is -1.95. The van der Waals surface area contributed by atoms with Gasteiger partial charge in [0.1, 0.15) is 17.4 Å². The van der Waals surface area contributed by atoms with E-state index in [2.05, 4.69) is 4.98 Å². The maximum atomic E-state index is 10.3. The number of carbonyl (C=O) groups excluding carboxylic acids is 1. The van der Waals surface area contributed by atoms with Crippen molar-refractivity contribution in [2.24, 2.45) is 0 Å². The summed E-state index contributed by atoms with van der Waals surface area (Å²) >= 11 is 1.59. The van der Waals surface area contributed by atoms with Crippen molar-refractivity contribution in [1.82, 2.24) is 4.98 Å². The van der Waals surface area contributed by atoms with Crippen LogP contribution in [0.1, 0.15) is 10.5 Å². The highest BCUT2D eigenvalue weighted by Crippen LogP contribution is 2.35. The van der Waals surface area contributed by atoms with E-state index < -0.39 is 0 Å². The van der Waals surface area contributed by atoms with Crippen LogP contribution in [-0.4, -0.2) is 17.2 Å². The molecule has 0 atom stereocenters. The van der Waals surface area contributed by atoms with E-state index in [1.54, 1.807) is 24.0 Å². The van der Waals surface area contributed by atoms with Crippen LogP contribution in [0, 0.1) is 0 Å². The van der Waals surface area contributed by atoms with Gasteiger partial charge in [0.15, 0.2) is 6.29 Å². The molecule has 0 fully saturated rings. The average molecular weight is 167 g/mol. The quantitative estimate of drug-likeness (QED) is 0.591. The normalized spacial score (nSPS) is 13.8. The van der Waals surface area contributed by atoms with Crippen LogP contribution in [0.4, 0.5) is 0 Å². The second-order valence-electron chi connectivity index (χ2n) is 2.08. The van der Waals surface area contributed by atoms with Gasteiger partial charge in [-0.2, -0.15) is 0 Å². The molecule has 0 N–H and O–H groups in total. The number of thioether (sulfide) groups is 1. The number of aromatic nitrogens is 1. The van der Waals surface area contributed by atoms with Gasteiger partial charge < -0.3 is 4.74 Å². The predicted molar refractivity (Wildman–Crippen MR) is 41.0 cm³/mol. The summed E-state index contributed by atoms with van der Waals surface area (Å²) < 4.78 is 5.20. The minimum absolute atomic E-state index is 0.422. The maximum Gasteiger partial charge on any atom is 0.168 e. The molecule has 0 radical (unpaired) electrons. The molecular formula is C7H5NO2S. The zero-order valence-electron chi connectivity index (χ0n) is 5.61. The fourth-order valence-electron chi connectivity index (χ4n) is 0.882. The monoisotopic (exact) mass is 167 g/mol. The summed E-state index contributed by atoms with van der Waals surface area (Å²) in [6.45, 7) is 0. The highest BCUT2D eigenvalue weighted by Gasteiger charge is 2.12. The summed E-state index contributed by atoms with van der Waals surface area (Å²) in [6.07, 6.45) is 2.38. The molecule has 4 heteroatoms. The van der Waals surface area contributed by atoms with Gasteiger partial charge in [-0.25, -0.2) is 0 Å². The van der Waals surface area contributed by atoms with E-state index in [1.165, 1.54) is 0 Å². The summed E-state index contributed by atoms with van der Waals surface area (Å²) in [5, 5.41) is 0. The molecular weight excluding hydrogens is 162 g/mol. The third-order valence-electron chi connectivity index (χ3n) is 1.40. The number of pyridine rings is 1. The molecule has 2 rings (SSSR count). The van der Waals surface area contributed by atoms with E-state index in [-0.39, 0.29) is 0 Å². The van der Waals surface area contributed by atoms with Crippen LogP contribution in [-0.2, 0) is 0 Å². The van der Waals surface area contributed by atoms with Gasteiger partial charge in [0.05, 0.1) is 4.90 Å². The summed E-state index contributed by atoms with van der Waals surface area (Å²) in [7, 11) is 0. The second-order valence-corrected chi connectivity index (χ2v) is 3.04. The van der Waals surface area contributed by atoms with Gasteiger partial charge in [-0.05, 0) is 0 Å². The molecule has 1 aromatic heterocycles. The molecule has 0 amide bonds. The number of carbonyl (C=O) groups is 1. The number of hydrogen-bond donors (Lipinski definition) is 0. The largest absolute Gasteiger partial charge is 0.481 e. The molecule has 0 aliphatic carbocycles. The van der Waals surface area contributed by atoms with E-state index in [0.29, 0.717) is 17.9 Å². The third-order valence-corrected chi connectivity index (χ3v) is 2.26. The molecule has 1 aliphatic rings. The Balaban J connectivity index is 2.48. The Hall–Kier alpha value is -1.03. The molecule has 1 aliphatic heterocycles. The zero-order chi connectivity index (χ0) is 7.68. The van der Waals surface area contributed by atoms with Crippen LogP contribution in [0.2, 0.25) is 0 Å². The number of aldehydes is 1. The summed E-state index contributed by atoms with van der Waals surface area (Å²) in [5.74, 6) is 1.39. The van der Waals surface area contributed by atoms with Gasteiger partial charge in [-0.15, -0.1) is 0 Å². The minimum atomic E-state index is 0.422. The second kappa shape index (κ2) is 2.54. The van der Waals surface area contributed by atoms with Gasteiger partial charge in [0.25, 0.3) is 0 Å². The van der Waals surface area contributed by atoms with Crippen LogP contribution in [0.25, 0.3) is 0 Å². The Bertz CT molecular complexity index is 300. The van der Waals surface area contributed by atoms with Gasteiger partial charge >= 0.3 is 0 Å². The Labute approximate surface area is 67.8 Å². The fourth-order valence-corrected chi connectivity index (χ4v) is 1.58. The number of ether oxygens (including phenoxy) is 1. The van der Waals surface area contributed by atoms with Crippen molar-refractivity contribution in [2.45, 2.75) is 4.90 Å². The highest BCUT2D eigenvalue weighted by molar-refractivity contribution is 7.99. The van der Waals surface area contributed by atoms with E-state index in [1.807, 2.05) is 0 Å². The van der Waals surface area contributed by atoms with Crippen molar-refractivity contribution in [3.63, 3.8) is 0 Å². The highest BCUT2D eigenvalue weighted by atomic mass is 32.2. The van der Waals surface area contributed by atoms with E-state index in [9.17, 15) is 4.79 Å². The van der Waals surface area contributed by atoms with Crippen LogP contribution in [0.3, 0.4) is 0 Å². The molecule has 1 aromatic rings. The first kappa shape index (κ1) is 6.67. The molecule has 3 nitrogen and oxygen atoms in total. The first-order valence-corrected chi connectivity index (χ1v) is 4.09. The van der Waals surface area contributed by atoms with Crippen molar-refractivity contribution in [3.8, 4) is 5.75 Å². The average Bonchev–Trinajstić information content (AvgIpc) is 2.50. The van der Waals surface area contributed by atoms with Crippen LogP contribution < -0.4 is 4.74 Å². The van der Waals surface area contributed by atoms with Crippen molar-refractivity contribution in [2.75, 3.05) is 5.94 Å². The van der Waals surface area contributed by atoms with E-state index >= 15 is 0 Å². The fraction of sp³-hybridized carbons (Fsp3) is 0.143. The topological polar surface area (TPSA) is 39.2 Å². The smallest absolute Gasteiger partial charge is 0.168 e. The molecule has 0 aromatic carbocycles. The Kier molecular flexibility index (Phi) is 1.54. The molecule has 11 heavy (non-hydrogen) atoms. The van der Waals surface area contributed by atoms with Gasteiger partial charge in [0, 0.05) is 12.3 Å². The predicted octanol–water partition coefficient (Wildman–Crippen LogP) is 1.34. The van der Waals surface area contributed by atoms with E-state index in [4.69, 9.17) is 4.74 Å². The van der Waals surface area contributed by atoms with Crippen molar-refractivity contribution >= 4 is 18.0 Å². The SMILES string of the molecule is O=Cc1cc2c(cn1)SCO2. The van der Waals surface area contributed by atoms with Gasteiger partial charge in [0.2, 0.25) is 0 Å². The van der Waals surface area contributed by atoms with Crippen molar-refractivity contribution in [1.29, 1.82) is 0 Å². The molecule has 0 unspecified atom stereocenters. The van der Waals surface area contributed by atoms with Gasteiger partial charge in [-0.3, -0.25) is 9.78 Å². The molecule has 0 saturated heterocycles. The lowest BCUT2D eigenvalue weighted by atomic mass is 10.3. The first-order chi connectivity index (χ1) is 5.40. The van der Waals surface area contributed by atoms with Crippen molar-refractivity contribution in [3.05, 3.63) is 18.0 Å². The molecule has 0 spiro atoms. The number of fused-ring (bicyclic) bond motifs is 1. The van der Waals surface area contributed by atoms with Crippen LogP contribution in [0.5, 0.6) is 5.75 Å². The summed E-state index contributed by atoms with van der Waals surface area (Å²) in [4.78, 5) is 15.2. The lowest BCUT2D eigenvalue weighted by molar-refractivity contribution is 0.111. The third kappa shape index (κ3) is 1.09. The van der Waals surface area contributed by atoms with Gasteiger partial charge in [-0.1, -0.05) is 11.8 Å². The molecule has 0 bridgehead atoms. The Morgan fingerprint density at radius 2 is 2.64 bits per heavy atom. The summed E-state index contributed by atoms with van der Waals surface area (Å²) in [5.41, 5.74) is 0.422. The number of nitrogens with zero attached hydrogens (tertiary/aromatic N) is 1. The molecule has 2 heterocycles. The number of hydrogen-bond acceptors (Lipinski definition) is 4.